The van der Waals surface area contributed by atoms with E-state index in [4.69, 9.17) is 5.73 Å². The van der Waals surface area contributed by atoms with Crippen molar-refractivity contribution in [3.8, 4) is 17.1 Å². The predicted molar refractivity (Wildman–Crippen MR) is 109 cm³/mol. The van der Waals surface area contributed by atoms with Crippen LogP contribution in [0.1, 0.15) is 44.0 Å². The second-order valence-electron chi connectivity index (χ2n) is 8.63. The van der Waals surface area contributed by atoms with Crippen molar-refractivity contribution in [2.24, 2.45) is 5.41 Å². The van der Waals surface area contributed by atoms with E-state index < -0.39 is 17.3 Å². The van der Waals surface area contributed by atoms with Crippen LogP contribution in [0.4, 0.5) is 5.82 Å². The number of aromatic hydroxyl groups is 1. The lowest BCUT2D eigenvalue weighted by Crippen LogP contribution is -2.37. The van der Waals surface area contributed by atoms with Crippen LogP contribution in [0.2, 0.25) is 0 Å². The van der Waals surface area contributed by atoms with Crippen LogP contribution in [0.25, 0.3) is 16.9 Å². The molecule has 0 saturated heterocycles. The average Bonchev–Trinajstić information content (AvgIpc) is 3.33. The number of hydrogen-bond donors (Lipinski definition) is 3. The molecule has 4 rings (SSSR count). The molecule has 1 aliphatic carbocycles. The maximum absolute atomic E-state index is 13.2. The molecule has 152 valence electrons. The molecule has 1 amide bonds. The Morgan fingerprint density at radius 3 is 2.72 bits per heavy atom. The molecule has 1 fully saturated rings. The molecule has 1 aliphatic rings. The normalized spacial score (nSPS) is 14.3. The number of nitrogens with zero attached hydrogens (tertiary/aromatic N) is 4. The summed E-state index contributed by atoms with van der Waals surface area (Å²) in [6, 6.07) is 5.21. The summed E-state index contributed by atoms with van der Waals surface area (Å²) in [5, 5.41) is 18.0. The molecule has 0 radical (unpaired) electrons. The summed E-state index contributed by atoms with van der Waals surface area (Å²) in [4.78, 5) is 29.9. The number of hydrogen-bond acceptors (Lipinski definition) is 6. The first-order valence-corrected chi connectivity index (χ1v) is 9.53. The van der Waals surface area contributed by atoms with Crippen molar-refractivity contribution in [2.45, 2.75) is 46.2 Å². The summed E-state index contributed by atoms with van der Waals surface area (Å²) in [7, 11) is 0. The molecule has 9 heteroatoms. The number of fused-ring (bicyclic) bond motifs is 1. The first-order valence-electron chi connectivity index (χ1n) is 9.53. The lowest BCUT2D eigenvalue weighted by molar-refractivity contribution is 0.0944. The Kier molecular flexibility index (Phi) is 4.33. The highest BCUT2D eigenvalue weighted by atomic mass is 16.3. The molecule has 3 heterocycles. The minimum atomic E-state index is -0.586. The van der Waals surface area contributed by atoms with Crippen LogP contribution in [0, 0.1) is 5.41 Å². The van der Waals surface area contributed by atoms with Crippen LogP contribution in [0.3, 0.4) is 0 Å². The molecule has 4 N–H and O–H groups in total. The van der Waals surface area contributed by atoms with Gasteiger partial charge in [0.15, 0.2) is 5.56 Å². The fourth-order valence-electron chi connectivity index (χ4n) is 3.24. The van der Waals surface area contributed by atoms with Gasteiger partial charge in [-0.15, -0.1) is 0 Å². The lowest BCUT2D eigenvalue weighted by atomic mass is 9.97. The number of pyridine rings is 1. The Labute approximate surface area is 167 Å². The SMILES string of the molecule is CC(C)(C)Cn1c(=O)c(C(=O)NC2CC2)c(O)n2nc(-c3cccnc3N)cc12. The van der Waals surface area contributed by atoms with Crippen molar-refractivity contribution in [1.29, 1.82) is 0 Å². The standard InChI is InChI=1S/C20H24N6O3/c1-20(2,3)10-25-14-9-13(12-5-4-8-22-16(12)21)24-26(14)19(29)15(18(25)28)17(27)23-11-6-7-11/h4-5,8-9,11,29H,6-7,10H2,1-3H3,(H2,21,22)(H,23,27). The van der Waals surface area contributed by atoms with E-state index in [0.29, 0.717) is 23.4 Å². The minimum absolute atomic E-state index is 0.0523. The maximum atomic E-state index is 13.2. The number of nitrogen functional groups attached to an aromatic ring is 1. The van der Waals surface area contributed by atoms with E-state index in [1.165, 1.54) is 9.08 Å². The van der Waals surface area contributed by atoms with Crippen molar-refractivity contribution in [3.63, 3.8) is 0 Å². The summed E-state index contributed by atoms with van der Waals surface area (Å²) in [5.74, 6) is -0.786. The van der Waals surface area contributed by atoms with Crippen molar-refractivity contribution in [1.82, 2.24) is 24.5 Å². The highest BCUT2D eigenvalue weighted by Crippen LogP contribution is 2.28. The number of anilines is 1. The van der Waals surface area contributed by atoms with Gasteiger partial charge in [0.25, 0.3) is 11.5 Å². The topological polar surface area (TPSA) is 128 Å². The Morgan fingerprint density at radius 2 is 2.10 bits per heavy atom. The van der Waals surface area contributed by atoms with E-state index in [-0.39, 0.29) is 22.8 Å². The summed E-state index contributed by atoms with van der Waals surface area (Å²) >= 11 is 0. The summed E-state index contributed by atoms with van der Waals surface area (Å²) in [5.41, 5.74) is 6.28. The van der Waals surface area contributed by atoms with Gasteiger partial charge in [-0.2, -0.15) is 9.61 Å². The molecule has 0 spiro atoms. The average molecular weight is 396 g/mol. The van der Waals surface area contributed by atoms with Crippen molar-refractivity contribution >= 4 is 17.4 Å². The largest absolute Gasteiger partial charge is 0.492 e. The zero-order valence-electron chi connectivity index (χ0n) is 16.6. The second kappa shape index (κ2) is 6.61. The van der Waals surface area contributed by atoms with E-state index >= 15 is 0 Å². The monoisotopic (exact) mass is 396 g/mol. The first kappa shape index (κ1) is 19.0. The van der Waals surface area contributed by atoms with E-state index in [1.54, 1.807) is 24.4 Å². The van der Waals surface area contributed by atoms with Crippen LogP contribution in [0.5, 0.6) is 5.88 Å². The fourth-order valence-corrected chi connectivity index (χ4v) is 3.24. The van der Waals surface area contributed by atoms with Crippen LogP contribution in [0.15, 0.2) is 29.2 Å². The first-order chi connectivity index (χ1) is 13.7. The number of aromatic nitrogens is 4. The van der Waals surface area contributed by atoms with Gasteiger partial charge in [-0.1, -0.05) is 20.8 Å². The van der Waals surface area contributed by atoms with Gasteiger partial charge < -0.3 is 16.2 Å². The zero-order chi connectivity index (χ0) is 20.9. The molecule has 0 aliphatic heterocycles. The molecular formula is C20H24N6O3. The number of nitrogens with one attached hydrogen (secondary N) is 1. The van der Waals surface area contributed by atoms with Gasteiger partial charge >= 0.3 is 0 Å². The van der Waals surface area contributed by atoms with E-state index in [2.05, 4.69) is 15.4 Å². The third-order valence-electron chi connectivity index (χ3n) is 4.74. The Bertz CT molecular complexity index is 1170. The Balaban J connectivity index is 1.96. The molecule has 0 unspecified atom stereocenters. The number of rotatable bonds is 4. The third-order valence-corrected chi connectivity index (χ3v) is 4.74. The highest BCUT2D eigenvalue weighted by molar-refractivity contribution is 5.96. The van der Waals surface area contributed by atoms with Gasteiger partial charge in [0.2, 0.25) is 5.88 Å². The quantitative estimate of drug-likeness (QED) is 0.617. The molecule has 0 atom stereocenters. The van der Waals surface area contributed by atoms with Gasteiger partial charge in [-0.3, -0.25) is 14.2 Å². The van der Waals surface area contributed by atoms with E-state index in [0.717, 1.165) is 12.8 Å². The molecule has 0 aromatic carbocycles. The van der Waals surface area contributed by atoms with Crippen molar-refractivity contribution in [2.75, 3.05) is 5.73 Å². The van der Waals surface area contributed by atoms with Crippen LogP contribution < -0.4 is 16.6 Å². The Morgan fingerprint density at radius 1 is 1.38 bits per heavy atom. The van der Waals surface area contributed by atoms with Gasteiger partial charge in [-0.05, 0) is 30.4 Å². The van der Waals surface area contributed by atoms with Crippen molar-refractivity contribution < 1.29 is 9.90 Å². The summed E-state index contributed by atoms with van der Waals surface area (Å²) in [6.45, 7) is 6.31. The third kappa shape index (κ3) is 3.55. The zero-order valence-corrected chi connectivity index (χ0v) is 16.6. The van der Waals surface area contributed by atoms with Gasteiger partial charge in [0, 0.05) is 30.4 Å². The Hall–Kier alpha value is -3.36. The molecule has 3 aromatic heterocycles. The van der Waals surface area contributed by atoms with Crippen LogP contribution in [-0.2, 0) is 6.54 Å². The summed E-state index contributed by atoms with van der Waals surface area (Å²) in [6.07, 6.45) is 3.32. The smallest absolute Gasteiger partial charge is 0.270 e. The molecule has 3 aromatic rings. The van der Waals surface area contributed by atoms with E-state index in [9.17, 15) is 14.7 Å². The van der Waals surface area contributed by atoms with Crippen LogP contribution >= 0.6 is 0 Å². The van der Waals surface area contributed by atoms with Gasteiger partial charge in [0.05, 0.1) is 5.69 Å². The molecular weight excluding hydrogens is 372 g/mol. The van der Waals surface area contributed by atoms with Gasteiger partial charge in [-0.25, -0.2) is 4.98 Å². The minimum Gasteiger partial charge on any atom is -0.492 e. The maximum Gasteiger partial charge on any atom is 0.270 e. The summed E-state index contributed by atoms with van der Waals surface area (Å²) < 4.78 is 2.70. The molecule has 29 heavy (non-hydrogen) atoms. The number of amides is 1. The fraction of sp³-hybridized carbons (Fsp3) is 0.400. The number of nitrogens with two attached hydrogens (primary N) is 1. The van der Waals surface area contributed by atoms with Crippen molar-refractivity contribution in [3.05, 3.63) is 40.3 Å². The van der Waals surface area contributed by atoms with Crippen LogP contribution in [-0.4, -0.2) is 36.2 Å². The van der Waals surface area contributed by atoms with Gasteiger partial charge in [0.1, 0.15) is 11.5 Å². The predicted octanol–water partition coefficient (Wildman–Crippen LogP) is 1.78. The lowest BCUT2D eigenvalue weighted by Gasteiger charge is -2.21. The molecule has 9 nitrogen and oxygen atoms in total. The highest BCUT2D eigenvalue weighted by Gasteiger charge is 2.30. The second-order valence-corrected chi connectivity index (χ2v) is 8.63. The number of carbonyl (C=O) groups is 1. The number of carbonyl (C=O) groups excluding carboxylic acids is 1. The molecule has 0 bridgehead atoms. The van der Waals surface area contributed by atoms with E-state index in [1.807, 2.05) is 20.8 Å². The molecule has 1 saturated carbocycles.